The van der Waals surface area contributed by atoms with Gasteiger partial charge in [0.05, 0.1) is 15.6 Å². The molecular formula is C12H12Cl2FNO3. The van der Waals surface area contributed by atoms with E-state index in [0.717, 1.165) is 12.1 Å². The highest BCUT2D eigenvalue weighted by Crippen LogP contribution is 2.24. The monoisotopic (exact) mass is 307 g/mol. The van der Waals surface area contributed by atoms with Crippen molar-refractivity contribution in [2.45, 2.75) is 19.9 Å². The molecule has 0 saturated heterocycles. The molecule has 0 heterocycles. The van der Waals surface area contributed by atoms with Crippen molar-refractivity contribution < 1.29 is 19.1 Å². The second-order valence-electron chi connectivity index (χ2n) is 4.28. The van der Waals surface area contributed by atoms with Crippen LogP contribution >= 0.6 is 23.2 Å². The topological polar surface area (TPSA) is 66.4 Å². The van der Waals surface area contributed by atoms with Crippen LogP contribution in [0.2, 0.25) is 10.0 Å². The van der Waals surface area contributed by atoms with Gasteiger partial charge >= 0.3 is 5.97 Å². The Morgan fingerprint density at radius 1 is 1.26 bits per heavy atom. The van der Waals surface area contributed by atoms with Crippen LogP contribution in [0.15, 0.2) is 12.1 Å². The maximum absolute atomic E-state index is 13.3. The predicted octanol–water partition coefficient (Wildman–Crippen LogP) is 2.97. The fraction of sp³-hybridized carbons (Fsp3) is 0.333. The predicted molar refractivity (Wildman–Crippen MR) is 70.1 cm³/mol. The molecule has 7 heteroatoms. The summed E-state index contributed by atoms with van der Waals surface area (Å²) in [5, 5.41) is 11.0. The van der Waals surface area contributed by atoms with Crippen molar-refractivity contribution in [2.75, 3.05) is 0 Å². The van der Waals surface area contributed by atoms with Gasteiger partial charge in [0.2, 0.25) is 0 Å². The summed E-state index contributed by atoms with van der Waals surface area (Å²) in [5.41, 5.74) is -0.157. The Morgan fingerprint density at radius 2 is 1.84 bits per heavy atom. The van der Waals surface area contributed by atoms with Crippen molar-refractivity contribution in [3.05, 3.63) is 33.6 Å². The molecule has 104 valence electrons. The van der Waals surface area contributed by atoms with E-state index in [1.807, 2.05) is 0 Å². The Morgan fingerprint density at radius 3 is 2.32 bits per heavy atom. The molecule has 4 nitrogen and oxygen atoms in total. The van der Waals surface area contributed by atoms with E-state index in [0.29, 0.717) is 0 Å². The summed E-state index contributed by atoms with van der Waals surface area (Å²) in [6.07, 6.45) is 0. The second kappa shape index (κ2) is 6.21. The zero-order valence-corrected chi connectivity index (χ0v) is 11.7. The van der Waals surface area contributed by atoms with Crippen LogP contribution in [0.5, 0.6) is 0 Å². The highest BCUT2D eigenvalue weighted by molar-refractivity contribution is 6.36. The average molecular weight is 308 g/mol. The molecular weight excluding hydrogens is 296 g/mol. The maximum Gasteiger partial charge on any atom is 0.326 e. The SMILES string of the molecule is CC(C)C(NC(=O)c1cc(F)c(Cl)cc1Cl)C(=O)O. The number of carboxylic acids is 1. The third-order valence-corrected chi connectivity index (χ3v) is 3.08. The summed E-state index contributed by atoms with van der Waals surface area (Å²) in [6, 6.07) is 0.889. The first kappa shape index (κ1) is 15.7. The highest BCUT2D eigenvalue weighted by Gasteiger charge is 2.25. The molecule has 0 radical (unpaired) electrons. The highest BCUT2D eigenvalue weighted by atomic mass is 35.5. The maximum atomic E-state index is 13.3. The summed E-state index contributed by atoms with van der Waals surface area (Å²) in [7, 11) is 0. The molecule has 0 aromatic heterocycles. The summed E-state index contributed by atoms with van der Waals surface area (Å²) in [5.74, 6) is -3.06. The third kappa shape index (κ3) is 3.81. The zero-order chi connectivity index (χ0) is 14.7. The van der Waals surface area contributed by atoms with Crippen molar-refractivity contribution in [1.29, 1.82) is 0 Å². The minimum atomic E-state index is -1.17. The van der Waals surface area contributed by atoms with E-state index in [9.17, 15) is 14.0 Å². The summed E-state index contributed by atoms with van der Waals surface area (Å²) < 4.78 is 13.3. The number of carboxylic acid groups (broad SMARTS) is 1. The van der Waals surface area contributed by atoms with Gasteiger partial charge in [-0.3, -0.25) is 4.79 Å². The van der Waals surface area contributed by atoms with Crippen LogP contribution < -0.4 is 5.32 Å². The lowest BCUT2D eigenvalue weighted by Crippen LogP contribution is -2.44. The summed E-state index contributed by atoms with van der Waals surface area (Å²) in [4.78, 5) is 22.9. The number of benzene rings is 1. The first-order valence-corrected chi connectivity index (χ1v) is 6.17. The number of hydrogen-bond donors (Lipinski definition) is 2. The molecule has 1 rings (SSSR count). The minimum Gasteiger partial charge on any atom is -0.480 e. The van der Waals surface area contributed by atoms with Crippen molar-refractivity contribution in [3.8, 4) is 0 Å². The summed E-state index contributed by atoms with van der Waals surface area (Å²) in [6.45, 7) is 3.28. The molecule has 0 spiro atoms. The van der Waals surface area contributed by atoms with Crippen LogP contribution in [0, 0.1) is 11.7 Å². The van der Waals surface area contributed by atoms with Gasteiger partial charge in [0.25, 0.3) is 5.91 Å². The fourth-order valence-electron chi connectivity index (χ4n) is 1.43. The molecule has 1 amide bonds. The number of amides is 1. The zero-order valence-electron chi connectivity index (χ0n) is 10.2. The van der Waals surface area contributed by atoms with Gasteiger partial charge in [0.15, 0.2) is 0 Å². The second-order valence-corrected chi connectivity index (χ2v) is 5.09. The lowest BCUT2D eigenvalue weighted by molar-refractivity contribution is -0.140. The van der Waals surface area contributed by atoms with Gasteiger partial charge in [-0.05, 0) is 18.1 Å². The number of aliphatic carboxylic acids is 1. The van der Waals surface area contributed by atoms with E-state index in [-0.39, 0.29) is 21.5 Å². The molecule has 0 fully saturated rings. The number of hydrogen-bond acceptors (Lipinski definition) is 2. The third-order valence-electron chi connectivity index (χ3n) is 2.47. The van der Waals surface area contributed by atoms with E-state index < -0.39 is 23.7 Å². The van der Waals surface area contributed by atoms with Gasteiger partial charge in [0.1, 0.15) is 11.9 Å². The van der Waals surface area contributed by atoms with Gasteiger partial charge < -0.3 is 10.4 Å². The molecule has 0 bridgehead atoms. The lowest BCUT2D eigenvalue weighted by Gasteiger charge is -2.18. The average Bonchev–Trinajstić information content (AvgIpc) is 2.29. The lowest BCUT2D eigenvalue weighted by atomic mass is 10.0. The smallest absolute Gasteiger partial charge is 0.326 e. The molecule has 1 atom stereocenters. The molecule has 1 aromatic carbocycles. The molecule has 2 N–H and O–H groups in total. The summed E-state index contributed by atoms with van der Waals surface area (Å²) >= 11 is 11.3. The van der Waals surface area contributed by atoms with E-state index in [1.54, 1.807) is 13.8 Å². The molecule has 0 aliphatic heterocycles. The Labute approximate surface area is 119 Å². The number of carbonyl (C=O) groups excluding carboxylic acids is 1. The van der Waals surface area contributed by atoms with Crippen molar-refractivity contribution >= 4 is 35.1 Å². The van der Waals surface area contributed by atoms with E-state index in [4.69, 9.17) is 28.3 Å². The van der Waals surface area contributed by atoms with Gasteiger partial charge in [-0.15, -0.1) is 0 Å². The normalized spacial score (nSPS) is 12.3. The number of halogens is 3. The van der Waals surface area contributed by atoms with E-state index in [1.165, 1.54) is 0 Å². The Kier molecular flexibility index (Phi) is 5.14. The van der Waals surface area contributed by atoms with Crippen LogP contribution in [0.3, 0.4) is 0 Å². The minimum absolute atomic E-state index is 0.0446. The van der Waals surface area contributed by atoms with Crippen LogP contribution in [0.1, 0.15) is 24.2 Å². The Hall–Kier alpha value is -1.33. The van der Waals surface area contributed by atoms with Crippen LogP contribution in [0.25, 0.3) is 0 Å². The molecule has 0 aliphatic rings. The molecule has 0 saturated carbocycles. The Balaban J connectivity index is 3.01. The van der Waals surface area contributed by atoms with Gasteiger partial charge in [0, 0.05) is 0 Å². The molecule has 19 heavy (non-hydrogen) atoms. The number of carbonyl (C=O) groups is 2. The number of rotatable bonds is 4. The molecule has 0 aliphatic carbocycles. The van der Waals surface area contributed by atoms with Gasteiger partial charge in [-0.25, -0.2) is 9.18 Å². The van der Waals surface area contributed by atoms with Crippen LogP contribution in [-0.2, 0) is 4.79 Å². The van der Waals surface area contributed by atoms with Crippen LogP contribution in [0.4, 0.5) is 4.39 Å². The van der Waals surface area contributed by atoms with Crippen molar-refractivity contribution in [1.82, 2.24) is 5.32 Å². The van der Waals surface area contributed by atoms with Crippen LogP contribution in [-0.4, -0.2) is 23.0 Å². The largest absolute Gasteiger partial charge is 0.480 e. The van der Waals surface area contributed by atoms with E-state index >= 15 is 0 Å². The van der Waals surface area contributed by atoms with Gasteiger partial charge in [-0.1, -0.05) is 37.0 Å². The fourth-order valence-corrected chi connectivity index (χ4v) is 1.90. The van der Waals surface area contributed by atoms with Gasteiger partial charge in [-0.2, -0.15) is 0 Å². The first-order chi connectivity index (χ1) is 8.73. The number of nitrogens with one attached hydrogen (secondary N) is 1. The molecule has 1 aromatic rings. The van der Waals surface area contributed by atoms with E-state index in [2.05, 4.69) is 5.32 Å². The quantitative estimate of drug-likeness (QED) is 0.840. The van der Waals surface area contributed by atoms with Crippen molar-refractivity contribution in [3.63, 3.8) is 0 Å². The Bertz CT molecular complexity index is 520. The van der Waals surface area contributed by atoms with Crippen molar-refractivity contribution in [2.24, 2.45) is 5.92 Å². The first-order valence-electron chi connectivity index (χ1n) is 5.42. The molecule has 1 unspecified atom stereocenters. The standard InChI is InChI=1S/C12H12Cl2FNO3/c1-5(2)10(12(18)19)16-11(17)6-3-9(15)8(14)4-7(6)13/h3-5,10H,1-2H3,(H,16,17)(H,18,19).